The normalized spacial score (nSPS) is 16.3. The molecule has 1 heterocycles. The highest BCUT2D eigenvalue weighted by molar-refractivity contribution is 6.67. The van der Waals surface area contributed by atoms with Crippen molar-refractivity contribution in [1.29, 1.82) is 5.26 Å². The van der Waals surface area contributed by atoms with Crippen LogP contribution in [0.1, 0.15) is 24.8 Å². The molecule has 0 atom stereocenters. The van der Waals surface area contributed by atoms with Crippen LogP contribution in [0.4, 0.5) is 0 Å². The molecular weight excluding hydrogens is 221 g/mol. The van der Waals surface area contributed by atoms with Crippen LogP contribution in [0.5, 0.6) is 5.75 Å². The van der Waals surface area contributed by atoms with Crippen LogP contribution in [0.3, 0.4) is 0 Å². The minimum Gasteiger partial charge on any atom is -0.494 e. The average molecular weight is 241 g/mol. The maximum atomic E-state index is 8.85. The van der Waals surface area contributed by atoms with E-state index in [0.29, 0.717) is 6.71 Å². The Kier molecular flexibility index (Phi) is 4.69. The molecule has 3 heteroatoms. The Morgan fingerprint density at radius 2 is 1.94 bits per heavy atom. The highest BCUT2D eigenvalue weighted by Gasteiger charge is 2.23. The molecule has 0 N–H and O–H groups in total. The van der Waals surface area contributed by atoms with Gasteiger partial charge >= 0.3 is 0 Å². The Labute approximate surface area is 110 Å². The van der Waals surface area contributed by atoms with Gasteiger partial charge in [-0.15, -0.1) is 0 Å². The van der Waals surface area contributed by atoms with E-state index in [1.165, 1.54) is 18.4 Å². The van der Waals surface area contributed by atoms with Crippen LogP contribution in [0.25, 0.3) is 0 Å². The molecule has 1 aromatic carbocycles. The van der Waals surface area contributed by atoms with Crippen molar-refractivity contribution < 1.29 is 4.74 Å². The van der Waals surface area contributed by atoms with E-state index in [-0.39, 0.29) is 0 Å². The summed E-state index contributed by atoms with van der Waals surface area (Å²) in [4.78, 5) is 0. The Morgan fingerprint density at radius 3 is 2.56 bits per heavy atom. The fourth-order valence-corrected chi connectivity index (χ4v) is 2.56. The lowest BCUT2D eigenvalue weighted by molar-refractivity contribution is 0.269. The van der Waals surface area contributed by atoms with Crippen LogP contribution >= 0.6 is 0 Å². The summed E-state index contributed by atoms with van der Waals surface area (Å²) in [7, 11) is 0. The van der Waals surface area contributed by atoms with Crippen molar-refractivity contribution in [2.24, 2.45) is 5.92 Å². The molecule has 0 aromatic heterocycles. The average Bonchev–Trinajstić information content (AvgIpc) is 2.42. The molecule has 2 nitrogen and oxygen atoms in total. The Bertz CT molecular complexity index is 401. The van der Waals surface area contributed by atoms with E-state index in [0.717, 1.165) is 37.3 Å². The van der Waals surface area contributed by atoms with Gasteiger partial charge in [0.2, 0.25) is 0 Å². The number of hydrogen-bond acceptors (Lipinski definition) is 2. The highest BCUT2D eigenvalue weighted by Crippen LogP contribution is 2.27. The molecule has 0 spiro atoms. The van der Waals surface area contributed by atoms with Gasteiger partial charge in [-0.1, -0.05) is 43.2 Å². The highest BCUT2D eigenvalue weighted by atomic mass is 16.5. The van der Waals surface area contributed by atoms with Crippen LogP contribution in [0.15, 0.2) is 24.3 Å². The van der Waals surface area contributed by atoms with E-state index in [1.54, 1.807) is 0 Å². The first-order chi connectivity index (χ1) is 8.78. The number of nitriles is 1. The summed E-state index contributed by atoms with van der Waals surface area (Å²) in [6, 6.07) is 8.21. The van der Waals surface area contributed by atoms with Gasteiger partial charge in [0, 0.05) is 5.97 Å². The maximum Gasteiger partial charge on any atom is 0.267 e. The van der Waals surface area contributed by atoms with Crippen molar-refractivity contribution in [2.45, 2.75) is 38.8 Å². The predicted molar refractivity (Wildman–Crippen MR) is 75.0 cm³/mol. The van der Waals surface area contributed by atoms with Crippen LogP contribution in [0, 0.1) is 24.1 Å². The number of rotatable bonds is 4. The molecule has 0 radical (unpaired) electrons. The van der Waals surface area contributed by atoms with Crippen molar-refractivity contribution in [1.82, 2.24) is 0 Å². The number of ether oxygens (including phenoxy) is 1. The molecule has 0 unspecified atom stereocenters. The molecule has 94 valence electrons. The van der Waals surface area contributed by atoms with Crippen LogP contribution in [-0.4, -0.2) is 13.3 Å². The van der Waals surface area contributed by atoms with E-state index in [4.69, 9.17) is 10.00 Å². The minimum atomic E-state index is 0.305. The lowest BCUT2D eigenvalue weighted by Crippen LogP contribution is -2.21. The van der Waals surface area contributed by atoms with Gasteiger partial charge in [0.15, 0.2) is 0 Å². The quantitative estimate of drug-likeness (QED) is 0.752. The summed E-state index contributed by atoms with van der Waals surface area (Å²) in [6.07, 6.45) is 5.65. The van der Waals surface area contributed by atoms with Gasteiger partial charge in [-0.3, -0.25) is 0 Å². The molecule has 1 aliphatic rings. The SMILES string of the molecule is Cc1ccc(OCCC2CCB(C#N)CC2)cc1. The molecule has 1 saturated heterocycles. The topological polar surface area (TPSA) is 33.0 Å². The summed E-state index contributed by atoms with van der Waals surface area (Å²) < 4.78 is 5.75. The predicted octanol–water partition coefficient (Wildman–Crippen LogP) is 3.73. The second kappa shape index (κ2) is 6.49. The van der Waals surface area contributed by atoms with E-state index >= 15 is 0 Å². The summed E-state index contributed by atoms with van der Waals surface area (Å²) in [5.74, 6) is 4.09. The van der Waals surface area contributed by atoms with Gasteiger partial charge in [0.25, 0.3) is 6.71 Å². The second-order valence-electron chi connectivity index (χ2n) is 5.30. The number of hydrogen-bond donors (Lipinski definition) is 0. The van der Waals surface area contributed by atoms with Crippen LogP contribution in [-0.2, 0) is 0 Å². The Balaban J connectivity index is 1.67. The van der Waals surface area contributed by atoms with Gasteiger partial charge in [-0.25, -0.2) is 5.26 Å². The van der Waals surface area contributed by atoms with Crippen LogP contribution in [0.2, 0.25) is 12.6 Å². The van der Waals surface area contributed by atoms with E-state index in [2.05, 4.69) is 25.0 Å². The first kappa shape index (κ1) is 13.0. The van der Waals surface area contributed by atoms with Crippen LogP contribution < -0.4 is 4.74 Å². The smallest absolute Gasteiger partial charge is 0.267 e. The number of aryl methyl sites for hydroxylation is 1. The fourth-order valence-electron chi connectivity index (χ4n) is 2.56. The third kappa shape index (κ3) is 3.80. The third-order valence-electron chi connectivity index (χ3n) is 3.85. The molecular formula is C15H20BNO. The summed E-state index contributed by atoms with van der Waals surface area (Å²) >= 11 is 0. The van der Waals surface area contributed by atoms with Gasteiger partial charge in [0.1, 0.15) is 5.75 Å². The molecule has 1 fully saturated rings. The molecule has 18 heavy (non-hydrogen) atoms. The zero-order chi connectivity index (χ0) is 12.8. The second-order valence-corrected chi connectivity index (χ2v) is 5.30. The van der Waals surface area contributed by atoms with Gasteiger partial charge in [-0.05, 0) is 31.4 Å². The van der Waals surface area contributed by atoms with Crippen molar-refractivity contribution in [2.75, 3.05) is 6.61 Å². The lowest BCUT2D eigenvalue weighted by Gasteiger charge is -2.22. The Hall–Kier alpha value is -1.43. The molecule has 0 aliphatic carbocycles. The number of benzene rings is 1. The van der Waals surface area contributed by atoms with Crippen molar-refractivity contribution in [3.63, 3.8) is 0 Å². The summed E-state index contributed by atoms with van der Waals surface area (Å²) in [5, 5.41) is 8.85. The van der Waals surface area contributed by atoms with Gasteiger partial charge in [-0.2, -0.15) is 0 Å². The van der Waals surface area contributed by atoms with Crippen molar-refractivity contribution in [3.05, 3.63) is 29.8 Å². The van der Waals surface area contributed by atoms with Crippen molar-refractivity contribution in [3.8, 4) is 11.7 Å². The first-order valence-corrected chi connectivity index (χ1v) is 6.87. The third-order valence-corrected chi connectivity index (χ3v) is 3.85. The minimum absolute atomic E-state index is 0.305. The molecule has 2 rings (SSSR count). The van der Waals surface area contributed by atoms with Gasteiger partial charge < -0.3 is 4.74 Å². The van der Waals surface area contributed by atoms with E-state index in [9.17, 15) is 0 Å². The van der Waals surface area contributed by atoms with Gasteiger partial charge in [0.05, 0.1) is 6.61 Å². The van der Waals surface area contributed by atoms with E-state index in [1.807, 2.05) is 12.1 Å². The summed E-state index contributed by atoms with van der Waals surface area (Å²) in [6.45, 7) is 3.18. The maximum absolute atomic E-state index is 8.85. The largest absolute Gasteiger partial charge is 0.494 e. The molecule has 0 saturated carbocycles. The fraction of sp³-hybridized carbons (Fsp3) is 0.533. The zero-order valence-electron chi connectivity index (χ0n) is 11.1. The molecule has 0 amide bonds. The molecule has 0 bridgehead atoms. The standard InChI is InChI=1S/C15H20BNO/c1-13-2-4-15(5-3-13)18-11-8-14-6-9-16(12-17)10-7-14/h2-5,14H,6-11H2,1H3. The Morgan fingerprint density at radius 1 is 1.28 bits per heavy atom. The molecule has 1 aromatic rings. The van der Waals surface area contributed by atoms with Crippen molar-refractivity contribution >= 4 is 6.71 Å². The van der Waals surface area contributed by atoms with E-state index < -0.39 is 0 Å². The monoisotopic (exact) mass is 241 g/mol. The lowest BCUT2D eigenvalue weighted by atomic mass is 9.41. The first-order valence-electron chi connectivity index (χ1n) is 6.87. The zero-order valence-corrected chi connectivity index (χ0v) is 11.1. The molecule has 1 aliphatic heterocycles. The summed E-state index contributed by atoms with van der Waals surface area (Å²) in [5.41, 5.74) is 1.26. The number of nitrogens with zero attached hydrogens (tertiary/aromatic N) is 1.